The molecule has 2 rings (SSSR count). The van der Waals surface area contributed by atoms with Gasteiger partial charge >= 0.3 is 0 Å². The number of rotatable bonds is 1. The molecule has 1 atom stereocenters. The van der Waals surface area contributed by atoms with Gasteiger partial charge in [0.15, 0.2) is 5.89 Å². The lowest BCUT2D eigenvalue weighted by Gasteiger charge is -2.15. The number of oxime groups is 1. The van der Waals surface area contributed by atoms with Gasteiger partial charge in [0.1, 0.15) is 17.2 Å². The van der Waals surface area contributed by atoms with E-state index < -0.39 is 0 Å². The Balaban J connectivity index is 2.44. The first-order valence-electron chi connectivity index (χ1n) is 4.94. The van der Waals surface area contributed by atoms with E-state index >= 15 is 0 Å². The van der Waals surface area contributed by atoms with E-state index in [0.29, 0.717) is 11.6 Å². The molecule has 1 aromatic rings. The molecule has 4 nitrogen and oxygen atoms in total. The van der Waals surface area contributed by atoms with Crippen LogP contribution in [0.1, 0.15) is 37.6 Å². The third kappa shape index (κ3) is 1.41. The summed E-state index contributed by atoms with van der Waals surface area (Å²) in [5, 5.41) is 12.1. The van der Waals surface area contributed by atoms with Gasteiger partial charge < -0.3 is 9.62 Å². The molecular formula is C10H14N2O2. The molecule has 1 unspecified atom stereocenters. The molecule has 1 aliphatic carbocycles. The van der Waals surface area contributed by atoms with Gasteiger partial charge in [-0.05, 0) is 12.3 Å². The average molecular weight is 194 g/mol. The van der Waals surface area contributed by atoms with Gasteiger partial charge in [-0.1, -0.05) is 19.0 Å². The molecule has 0 bridgehead atoms. The van der Waals surface area contributed by atoms with Crippen molar-refractivity contribution in [3.8, 4) is 0 Å². The lowest BCUT2D eigenvalue weighted by Crippen LogP contribution is -2.18. The van der Waals surface area contributed by atoms with Crippen molar-refractivity contribution >= 4 is 5.71 Å². The first kappa shape index (κ1) is 9.24. The summed E-state index contributed by atoms with van der Waals surface area (Å²) in [6, 6.07) is 0. The fraction of sp³-hybridized carbons (Fsp3) is 0.600. The second-order valence-corrected chi connectivity index (χ2v) is 3.79. The second kappa shape index (κ2) is 3.44. The van der Waals surface area contributed by atoms with E-state index in [2.05, 4.69) is 17.1 Å². The summed E-state index contributed by atoms with van der Waals surface area (Å²) in [5.74, 6) is 2.06. The number of aromatic nitrogens is 1. The highest BCUT2D eigenvalue weighted by atomic mass is 16.4. The van der Waals surface area contributed by atoms with Crippen molar-refractivity contribution in [3.05, 3.63) is 17.3 Å². The van der Waals surface area contributed by atoms with Gasteiger partial charge in [0.25, 0.3) is 0 Å². The lowest BCUT2D eigenvalue weighted by atomic mass is 9.91. The van der Waals surface area contributed by atoms with Gasteiger partial charge in [0.05, 0.1) is 0 Å². The topological polar surface area (TPSA) is 58.6 Å². The third-order valence-electron chi connectivity index (χ3n) is 2.51. The van der Waals surface area contributed by atoms with E-state index in [1.54, 1.807) is 0 Å². The Morgan fingerprint density at radius 3 is 3.00 bits per heavy atom. The second-order valence-electron chi connectivity index (χ2n) is 3.79. The molecule has 0 amide bonds. The molecular weight excluding hydrogens is 180 g/mol. The summed E-state index contributed by atoms with van der Waals surface area (Å²) in [7, 11) is 0. The zero-order valence-corrected chi connectivity index (χ0v) is 8.45. The van der Waals surface area contributed by atoms with Crippen LogP contribution in [0.25, 0.3) is 0 Å². The zero-order valence-electron chi connectivity index (χ0n) is 8.45. The van der Waals surface area contributed by atoms with E-state index in [-0.39, 0.29) is 0 Å². The van der Waals surface area contributed by atoms with E-state index in [0.717, 1.165) is 36.6 Å². The molecule has 0 radical (unpaired) electrons. The molecule has 0 aromatic carbocycles. The predicted molar refractivity (Wildman–Crippen MR) is 51.7 cm³/mol. The Labute approximate surface area is 82.6 Å². The van der Waals surface area contributed by atoms with Gasteiger partial charge in [-0.3, -0.25) is 0 Å². The monoisotopic (exact) mass is 194 g/mol. The van der Waals surface area contributed by atoms with Crippen molar-refractivity contribution in [2.45, 2.75) is 33.1 Å². The van der Waals surface area contributed by atoms with E-state index in [9.17, 15) is 0 Å². The van der Waals surface area contributed by atoms with Gasteiger partial charge in [-0.15, -0.1) is 0 Å². The molecule has 0 saturated heterocycles. The summed E-state index contributed by atoms with van der Waals surface area (Å²) < 4.78 is 5.55. The van der Waals surface area contributed by atoms with Crippen molar-refractivity contribution in [2.75, 3.05) is 0 Å². The molecule has 1 aromatic heterocycles. The molecule has 1 N–H and O–H groups in total. The SMILES string of the molecule is CCc1nc2c(o1)CC(C)C/C2=N\O. The summed E-state index contributed by atoms with van der Waals surface area (Å²) in [6.07, 6.45) is 2.45. The number of hydrogen-bond donors (Lipinski definition) is 1. The van der Waals surface area contributed by atoms with Crippen LogP contribution in [0.15, 0.2) is 9.57 Å². The Morgan fingerprint density at radius 2 is 2.36 bits per heavy atom. The van der Waals surface area contributed by atoms with E-state index in [4.69, 9.17) is 9.62 Å². The average Bonchev–Trinajstić information content (AvgIpc) is 2.59. The van der Waals surface area contributed by atoms with Crippen molar-refractivity contribution < 1.29 is 9.62 Å². The van der Waals surface area contributed by atoms with Gasteiger partial charge in [-0.2, -0.15) is 0 Å². The number of hydrogen-bond acceptors (Lipinski definition) is 4. The molecule has 0 spiro atoms. The molecule has 14 heavy (non-hydrogen) atoms. The Kier molecular flexibility index (Phi) is 2.27. The molecule has 0 fully saturated rings. The van der Waals surface area contributed by atoms with Crippen molar-refractivity contribution in [3.63, 3.8) is 0 Å². The molecule has 0 aliphatic heterocycles. The summed E-state index contributed by atoms with van der Waals surface area (Å²) >= 11 is 0. The van der Waals surface area contributed by atoms with Crippen LogP contribution in [0.3, 0.4) is 0 Å². The number of fused-ring (bicyclic) bond motifs is 1. The standard InChI is InChI=1S/C10H14N2O2/c1-3-9-11-10-7(12-13)4-6(2)5-8(10)14-9/h6,13H,3-5H2,1-2H3/b12-7+. The minimum absolute atomic E-state index is 0.464. The Morgan fingerprint density at radius 1 is 1.57 bits per heavy atom. The Bertz CT molecular complexity index is 368. The normalized spacial score (nSPS) is 23.9. The first-order valence-corrected chi connectivity index (χ1v) is 4.94. The molecule has 1 aliphatic rings. The maximum atomic E-state index is 8.84. The molecule has 76 valence electrons. The van der Waals surface area contributed by atoms with Crippen LogP contribution in [0.5, 0.6) is 0 Å². The quantitative estimate of drug-likeness (QED) is 0.549. The highest BCUT2D eigenvalue weighted by Crippen LogP contribution is 2.26. The number of oxazole rings is 1. The predicted octanol–water partition coefficient (Wildman–Crippen LogP) is 2.00. The maximum absolute atomic E-state index is 8.84. The first-order chi connectivity index (χ1) is 6.74. The van der Waals surface area contributed by atoms with Gasteiger partial charge in [0, 0.05) is 12.8 Å². The van der Waals surface area contributed by atoms with Crippen LogP contribution in [0, 0.1) is 5.92 Å². The largest absolute Gasteiger partial charge is 0.445 e. The fourth-order valence-corrected chi connectivity index (χ4v) is 1.82. The van der Waals surface area contributed by atoms with Crippen LogP contribution in [-0.2, 0) is 12.8 Å². The van der Waals surface area contributed by atoms with Crippen LogP contribution in [0.2, 0.25) is 0 Å². The molecule has 1 heterocycles. The van der Waals surface area contributed by atoms with Crippen molar-refractivity contribution in [1.29, 1.82) is 0 Å². The van der Waals surface area contributed by atoms with Crippen LogP contribution >= 0.6 is 0 Å². The van der Waals surface area contributed by atoms with Crippen LogP contribution in [0.4, 0.5) is 0 Å². The van der Waals surface area contributed by atoms with Gasteiger partial charge in [-0.25, -0.2) is 4.98 Å². The summed E-state index contributed by atoms with van der Waals surface area (Å²) in [6.45, 7) is 4.11. The van der Waals surface area contributed by atoms with Crippen LogP contribution in [-0.4, -0.2) is 15.9 Å². The summed E-state index contributed by atoms with van der Waals surface area (Å²) in [5.41, 5.74) is 1.41. The zero-order chi connectivity index (χ0) is 10.1. The summed E-state index contributed by atoms with van der Waals surface area (Å²) in [4.78, 5) is 4.30. The van der Waals surface area contributed by atoms with E-state index in [1.807, 2.05) is 6.92 Å². The number of aryl methyl sites for hydroxylation is 1. The van der Waals surface area contributed by atoms with Crippen LogP contribution < -0.4 is 0 Å². The lowest BCUT2D eigenvalue weighted by molar-refractivity contribution is 0.314. The Hall–Kier alpha value is -1.32. The van der Waals surface area contributed by atoms with Crippen molar-refractivity contribution in [1.82, 2.24) is 4.98 Å². The minimum atomic E-state index is 0.464. The van der Waals surface area contributed by atoms with Gasteiger partial charge in [0.2, 0.25) is 0 Å². The van der Waals surface area contributed by atoms with Crippen molar-refractivity contribution in [2.24, 2.45) is 11.1 Å². The number of nitrogens with zero attached hydrogens (tertiary/aromatic N) is 2. The third-order valence-corrected chi connectivity index (χ3v) is 2.51. The highest BCUT2D eigenvalue weighted by Gasteiger charge is 2.26. The smallest absolute Gasteiger partial charge is 0.194 e. The molecule has 4 heteroatoms. The fourth-order valence-electron chi connectivity index (χ4n) is 1.82. The van der Waals surface area contributed by atoms with E-state index in [1.165, 1.54) is 0 Å². The highest BCUT2D eigenvalue weighted by molar-refractivity contribution is 6.00. The minimum Gasteiger partial charge on any atom is -0.445 e. The maximum Gasteiger partial charge on any atom is 0.194 e. The molecule has 0 saturated carbocycles.